The van der Waals surface area contributed by atoms with Crippen LogP contribution in [0.3, 0.4) is 0 Å². The maximum Gasteiger partial charge on any atom is 0.335 e. The molecule has 1 N–H and O–H groups in total. The van der Waals surface area contributed by atoms with Crippen LogP contribution in [0.2, 0.25) is 0 Å². The first kappa shape index (κ1) is 16.1. The van der Waals surface area contributed by atoms with Crippen molar-refractivity contribution in [2.45, 2.75) is 18.9 Å². The fraction of sp³-hybridized carbons (Fsp3) is 0.263. The van der Waals surface area contributed by atoms with Gasteiger partial charge in [-0.2, -0.15) is 0 Å². The molecule has 2 aromatic carbocycles. The first-order valence-corrected chi connectivity index (χ1v) is 7.89. The lowest BCUT2D eigenvalue weighted by Crippen LogP contribution is -2.30. The summed E-state index contributed by atoms with van der Waals surface area (Å²) in [5.41, 5.74) is 1.51. The Morgan fingerprint density at radius 2 is 1.88 bits per heavy atom. The SMILES string of the molecule is COc1ccccc1C1CCCN1C(=O)c1cccc(C(=O)O)c1. The second-order valence-electron chi connectivity index (χ2n) is 5.78. The number of hydrogen-bond acceptors (Lipinski definition) is 3. The molecule has 1 aliphatic rings. The number of benzene rings is 2. The molecule has 124 valence electrons. The number of rotatable bonds is 4. The zero-order valence-corrected chi connectivity index (χ0v) is 13.4. The number of carboxylic acid groups (broad SMARTS) is 1. The molecule has 0 bridgehead atoms. The maximum atomic E-state index is 12.9. The normalized spacial score (nSPS) is 16.9. The van der Waals surface area contributed by atoms with Gasteiger partial charge in [0.15, 0.2) is 0 Å². The molecular formula is C19H19NO4. The molecule has 24 heavy (non-hydrogen) atoms. The molecule has 1 fully saturated rings. The minimum atomic E-state index is -1.03. The molecule has 5 heteroatoms. The molecule has 0 aliphatic carbocycles. The van der Waals surface area contributed by atoms with Crippen LogP contribution in [0, 0.1) is 0 Å². The topological polar surface area (TPSA) is 66.8 Å². The Hall–Kier alpha value is -2.82. The molecule has 1 unspecified atom stereocenters. The average Bonchev–Trinajstić information content (AvgIpc) is 3.10. The van der Waals surface area contributed by atoms with Crippen LogP contribution < -0.4 is 4.74 Å². The third-order valence-corrected chi connectivity index (χ3v) is 4.37. The first-order chi connectivity index (χ1) is 11.6. The summed E-state index contributed by atoms with van der Waals surface area (Å²) in [7, 11) is 1.62. The lowest BCUT2D eigenvalue weighted by atomic mass is 10.0. The highest BCUT2D eigenvalue weighted by Gasteiger charge is 2.32. The van der Waals surface area contributed by atoms with E-state index in [-0.39, 0.29) is 17.5 Å². The lowest BCUT2D eigenvalue weighted by Gasteiger charge is -2.26. The fourth-order valence-corrected chi connectivity index (χ4v) is 3.23. The number of carboxylic acids is 1. The number of ether oxygens (including phenoxy) is 1. The van der Waals surface area contributed by atoms with Crippen LogP contribution in [0.25, 0.3) is 0 Å². The fourth-order valence-electron chi connectivity index (χ4n) is 3.23. The number of methoxy groups -OCH3 is 1. The molecule has 1 atom stereocenters. The standard InChI is InChI=1S/C19H19NO4/c1-24-17-10-3-2-8-15(17)16-9-5-11-20(16)18(21)13-6-4-7-14(12-13)19(22)23/h2-4,6-8,10,12,16H,5,9,11H2,1H3,(H,22,23). The molecule has 1 heterocycles. The zero-order chi connectivity index (χ0) is 17.1. The third kappa shape index (κ3) is 2.97. The van der Waals surface area contributed by atoms with Crippen molar-refractivity contribution in [3.8, 4) is 5.75 Å². The molecule has 0 radical (unpaired) electrons. The quantitative estimate of drug-likeness (QED) is 0.936. The average molecular weight is 325 g/mol. The van der Waals surface area contributed by atoms with E-state index in [9.17, 15) is 9.59 Å². The summed E-state index contributed by atoms with van der Waals surface area (Å²) in [6, 6.07) is 13.8. The van der Waals surface area contributed by atoms with Gasteiger partial charge < -0.3 is 14.7 Å². The molecular weight excluding hydrogens is 306 g/mol. The molecule has 2 aromatic rings. The Balaban J connectivity index is 1.92. The number of carbonyl (C=O) groups is 2. The van der Waals surface area contributed by atoms with Gasteiger partial charge in [-0.15, -0.1) is 0 Å². The van der Waals surface area contributed by atoms with Crippen molar-refractivity contribution in [2.24, 2.45) is 0 Å². The predicted octanol–water partition coefficient (Wildman–Crippen LogP) is 3.37. The van der Waals surface area contributed by atoms with E-state index in [1.807, 2.05) is 24.3 Å². The number of carbonyl (C=O) groups excluding carboxylic acids is 1. The van der Waals surface area contributed by atoms with Gasteiger partial charge in [0.05, 0.1) is 18.7 Å². The minimum Gasteiger partial charge on any atom is -0.496 e. The molecule has 5 nitrogen and oxygen atoms in total. The van der Waals surface area contributed by atoms with Gasteiger partial charge in [-0.25, -0.2) is 4.79 Å². The predicted molar refractivity (Wildman–Crippen MR) is 89.4 cm³/mol. The molecule has 1 saturated heterocycles. The van der Waals surface area contributed by atoms with Gasteiger partial charge in [0.25, 0.3) is 5.91 Å². The van der Waals surface area contributed by atoms with E-state index in [4.69, 9.17) is 9.84 Å². The van der Waals surface area contributed by atoms with Crippen LogP contribution in [0.4, 0.5) is 0 Å². The molecule has 0 spiro atoms. The molecule has 0 aromatic heterocycles. The van der Waals surface area contributed by atoms with Crippen molar-refractivity contribution in [2.75, 3.05) is 13.7 Å². The van der Waals surface area contributed by atoms with E-state index >= 15 is 0 Å². The van der Waals surface area contributed by atoms with Crippen molar-refractivity contribution in [3.05, 3.63) is 65.2 Å². The van der Waals surface area contributed by atoms with E-state index < -0.39 is 5.97 Å². The highest BCUT2D eigenvalue weighted by Crippen LogP contribution is 2.37. The number of hydrogen-bond donors (Lipinski definition) is 1. The Kier molecular flexibility index (Phi) is 4.51. The van der Waals surface area contributed by atoms with Gasteiger partial charge in [0.2, 0.25) is 0 Å². The molecule has 0 saturated carbocycles. The van der Waals surface area contributed by atoms with Crippen molar-refractivity contribution in [1.29, 1.82) is 0 Å². The Labute approximate surface area is 140 Å². The van der Waals surface area contributed by atoms with Crippen LogP contribution in [0.15, 0.2) is 48.5 Å². The van der Waals surface area contributed by atoms with Crippen molar-refractivity contribution in [1.82, 2.24) is 4.90 Å². The van der Waals surface area contributed by atoms with Crippen molar-refractivity contribution < 1.29 is 19.4 Å². The van der Waals surface area contributed by atoms with E-state index in [1.54, 1.807) is 24.1 Å². The molecule has 1 amide bonds. The summed E-state index contributed by atoms with van der Waals surface area (Å²) in [5, 5.41) is 9.11. The zero-order valence-electron chi connectivity index (χ0n) is 13.4. The van der Waals surface area contributed by atoms with Crippen LogP contribution in [0.1, 0.15) is 45.2 Å². The minimum absolute atomic E-state index is 0.0536. The van der Waals surface area contributed by atoms with Crippen molar-refractivity contribution in [3.63, 3.8) is 0 Å². The largest absolute Gasteiger partial charge is 0.496 e. The first-order valence-electron chi connectivity index (χ1n) is 7.89. The maximum absolute atomic E-state index is 12.9. The monoisotopic (exact) mass is 325 g/mol. The Morgan fingerprint density at radius 1 is 1.12 bits per heavy atom. The van der Waals surface area contributed by atoms with Crippen LogP contribution in [-0.2, 0) is 0 Å². The van der Waals surface area contributed by atoms with E-state index in [2.05, 4.69) is 0 Å². The summed E-state index contributed by atoms with van der Waals surface area (Å²) < 4.78 is 5.43. The van der Waals surface area contributed by atoms with E-state index in [1.165, 1.54) is 12.1 Å². The number of para-hydroxylation sites is 1. The van der Waals surface area contributed by atoms with Gasteiger partial charge in [0, 0.05) is 17.7 Å². The van der Waals surface area contributed by atoms with Gasteiger partial charge in [-0.3, -0.25) is 4.79 Å². The smallest absolute Gasteiger partial charge is 0.335 e. The second-order valence-corrected chi connectivity index (χ2v) is 5.78. The van der Waals surface area contributed by atoms with Gasteiger partial charge in [-0.1, -0.05) is 24.3 Å². The number of nitrogens with zero attached hydrogens (tertiary/aromatic N) is 1. The molecule has 3 rings (SSSR count). The highest BCUT2D eigenvalue weighted by atomic mass is 16.5. The Bertz CT molecular complexity index is 771. The van der Waals surface area contributed by atoms with Crippen LogP contribution in [-0.4, -0.2) is 35.5 Å². The second kappa shape index (κ2) is 6.74. The summed E-state index contributed by atoms with van der Waals surface area (Å²) >= 11 is 0. The van der Waals surface area contributed by atoms with Gasteiger partial charge in [0.1, 0.15) is 5.75 Å². The number of aromatic carboxylic acids is 1. The summed E-state index contributed by atoms with van der Waals surface area (Å²) in [5.74, 6) is -0.416. The molecule has 1 aliphatic heterocycles. The van der Waals surface area contributed by atoms with E-state index in [0.29, 0.717) is 12.1 Å². The van der Waals surface area contributed by atoms with Gasteiger partial charge >= 0.3 is 5.97 Å². The highest BCUT2D eigenvalue weighted by molar-refractivity contribution is 5.97. The lowest BCUT2D eigenvalue weighted by molar-refractivity contribution is 0.0697. The van der Waals surface area contributed by atoms with Gasteiger partial charge in [-0.05, 0) is 37.1 Å². The van der Waals surface area contributed by atoms with Crippen LogP contribution >= 0.6 is 0 Å². The van der Waals surface area contributed by atoms with Crippen LogP contribution in [0.5, 0.6) is 5.75 Å². The number of likely N-dealkylation sites (tertiary alicyclic amines) is 1. The van der Waals surface area contributed by atoms with E-state index in [0.717, 1.165) is 24.2 Å². The summed E-state index contributed by atoms with van der Waals surface area (Å²) in [4.78, 5) is 25.8. The summed E-state index contributed by atoms with van der Waals surface area (Å²) in [6.45, 7) is 0.652. The van der Waals surface area contributed by atoms with Crippen molar-refractivity contribution >= 4 is 11.9 Å². The third-order valence-electron chi connectivity index (χ3n) is 4.37. The number of amides is 1. The Morgan fingerprint density at radius 3 is 2.62 bits per heavy atom. The summed E-state index contributed by atoms with van der Waals surface area (Å²) in [6.07, 6.45) is 1.78.